The molecule has 2 heterocycles. The molecule has 2 aromatic carbocycles. The summed E-state index contributed by atoms with van der Waals surface area (Å²) in [5.41, 5.74) is 2.36. The predicted molar refractivity (Wildman–Crippen MR) is 100 cm³/mol. The standard InChI is InChI=1S/C18H17ClN2O4S/c1-2-20-15-10-13(19)17(11-16(15)25-18(20)22)26(23,24)21-9-5-7-12-6-3-4-8-14(12)21/h3-4,6,8,10-11H,2,5,7,9H2,1H3. The molecule has 3 aromatic rings. The predicted octanol–water partition coefficient (Wildman–Crippen LogP) is 3.41. The summed E-state index contributed by atoms with van der Waals surface area (Å²) in [6.07, 6.45) is 1.57. The van der Waals surface area contributed by atoms with Crippen molar-refractivity contribution in [3.63, 3.8) is 0 Å². The molecule has 0 amide bonds. The first kappa shape index (κ1) is 17.2. The molecule has 6 nitrogen and oxygen atoms in total. The van der Waals surface area contributed by atoms with Gasteiger partial charge in [-0.25, -0.2) is 13.2 Å². The number of oxazole rings is 1. The van der Waals surface area contributed by atoms with Gasteiger partial charge in [0, 0.05) is 19.2 Å². The summed E-state index contributed by atoms with van der Waals surface area (Å²) in [6, 6.07) is 10.3. The van der Waals surface area contributed by atoms with Crippen LogP contribution in [-0.4, -0.2) is 19.5 Å². The van der Waals surface area contributed by atoms with Gasteiger partial charge in [0.15, 0.2) is 5.58 Å². The van der Waals surface area contributed by atoms with Crippen molar-refractivity contribution in [1.29, 1.82) is 0 Å². The van der Waals surface area contributed by atoms with Gasteiger partial charge in [0.2, 0.25) is 0 Å². The highest BCUT2D eigenvalue weighted by Gasteiger charge is 2.31. The van der Waals surface area contributed by atoms with Crippen LogP contribution in [0.15, 0.2) is 50.5 Å². The molecule has 0 spiro atoms. The van der Waals surface area contributed by atoms with E-state index in [0.717, 1.165) is 18.4 Å². The minimum atomic E-state index is -3.88. The number of sulfonamides is 1. The SMILES string of the molecule is CCn1c(=O)oc2cc(S(=O)(=O)N3CCCc4ccccc43)c(Cl)cc21. The summed E-state index contributed by atoms with van der Waals surface area (Å²) in [5.74, 6) is -0.531. The Bertz CT molecular complexity index is 1160. The summed E-state index contributed by atoms with van der Waals surface area (Å²) in [7, 11) is -3.88. The fourth-order valence-corrected chi connectivity index (χ4v) is 5.48. The number of nitrogens with zero attached hydrogens (tertiary/aromatic N) is 2. The molecule has 0 fully saturated rings. The zero-order valence-corrected chi connectivity index (χ0v) is 15.7. The van der Waals surface area contributed by atoms with Crippen molar-refractivity contribution in [3.8, 4) is 0 Å². The van der Waals surface area contributed by atoms with E-state index in [9.17, 15) is 13.2 Å². The van der Waals surface area contributed by atoms with Crippen LogP contribution in [-0.2, 0) is 23.0 Å². The molecule has 1 aromatic heterocycles. The lowest BCUT2D eigenvalue weighted by Gasteiger charge is -2.30. The molecule has 0 unspecified atom stereocenters. The van der Waals surface area contributed by atoms with Gasteiger partial charge in [-0.15, -0.1) is 0 Å². The van der Waals surface area contributed by atoms with Crippen LogP contribution in [0.1, 0.15) is 18.9 Å². The van der Waals surface area contributed by atoms with E-state index in [4.69, 9.17) is 16.0 Å². The van der Waals surface area contributed by atoms with E-state index in [1.165, 1.54) is 21.0 Å². The second-order valence-electron chi connectivity index (χ2n) is 6.17. The monoisotopic (exact) mass is 392 g/mol. The number of hydrogen-bond donors (Lipinski definition) is 0. The van der Waals surface area contributed by atoms with E-state index in [-0.39, 0.29) is 15.5 Å². The Morgan fingerprint density at radius 2 is 2.00 bits per heavy atom. The lowest BCUT2D eigenvalue weighted by Crippen LogP contribution is -2.35. The fraction of sp³-hybridized carbons (Fsp3) is 0.278. The number of fused-ring (bicyclic) bond motifs is 2. The Hall–Kier alpha value is -2.25. The molecule has 8 heteroatoms. The fourth-order valence-electron chi connectivity index (χ4n) is 3.43. The van der Waals surface area contributed by atoms with Crippen LogP contribution >= 0.6 is 11.6 Å². The Kier molecular flexibility index (Phi) is 4.08. The summed E-state index contributed by atoms with van der Waals surface area (Å²) in [6.45, 7) is 2.60. The summed E-state index contributed by atoms with van der Waals surface area (Å²) >= 11 is 6.31. The number of aromatic nitrogens is 1. The number of para-hydroxylation sites is 1. The highest BCUT2D eigenvalue weighted by Crippen LogP contribution is 2.35. The minimum Gasteiger partial charge on any atom is -0.408 e. The second-order valence-corrected chi connectivity index (χ2v) is 8.41. The van der Waals surface area contributed by atoms with Crippen LogP contribution in [0.2, 0.25) is 5.02 Å². The smallest absolute Gasteiger partial charge is 0.408 e. The number of benzene rings is 2. The van der Waals surface area contributed by atoms with Gasteiger partial charge in [-0.2, -0.15) is 0 Å². The first-order chi connectivity index (χ1) is 12.4. The van der Waals surface area contributed by atoms with Crippen molar-refractivity contribution in [2.45, 2.75) is 31.2 Å². The third kappa shape index (κ3) is 2.54. The average molecular weight is 393 g/mol. The number of halogens is 1. The molecular formula is C18H17ClN2O4S. The summed E-state index contributed by atoms with van der Waals surface area (Å²) in [4.78, 5) is 11.8. The van der Waals surface area contributed by atoms with Crippen LogP contribution in [0.25, 0.3) is 11.1 Å². The van der Waals surface area contributed by atoms with Crippen LogP contribution in [0.4, 0.5) is 5.69 Å². The highest BCUT2D eigenvalue weighted by molar-refractivity contribution is 7.93. The Morgan fingerprint density at radius 1 is 1.23 bits per heavy atom. The van der Waals surface area contributed by atoms with Crippen LogP contribution < -0.4 is 10.1 Å². The molecular weight excluding hydrogens is 376 g/mol. The molecule has 1 aliphatic heterocycles. The van der Waals surface area contributed by atoms with E-state index in [2.05, 4.69) is 0 Å². The number of rotatable bonds is 3. The molecule has 0 N–H and O–H groups in total. The maximum Gasteiger partial charge on any atom is 0.419 e. The molecule has 0 atom stereocenters. The van der Waals surface area contributed by atoms with E-state index in [1.54, 1.807) is 13.0 Å². The van der Waals surface area contributed by atoms with Gasteiger partial charge in [-0.3, -0.25) is 8.87 Å². The van der Waals surface area contributed by atoms with Crippen molar-refractivity contribution in [2.75, 3.05) is 10.8 Å². The number of anilines is 1. The van der Waals surface area contributed by atoms with E-state index < -0.39 is 15.8 Å². The molecule has 26 heavy (non-hydrogen) atoms. The third-order valence-electron chi connectivity index (χ3n) is 4.67. The Balaban J connectivity index is 1.90. The summed E-state index contributed by atoms with van der Waals surface area (Å²) in [5, 5.41) is 0.0727. The molecule has 0 bridgehead atoms. The van der Waals surface area contributed by atoms with Crippen molar-refractivity contribution in [3.05, 3.63) is 57.5 Å². The highest BCUT2D eigenvalue weighted by atomic mass is 35.5. The van der Waals surface area contributed by atoms with E-state index in [0.29, 0.717) is 24.3 Å². The largest absolute Gasteiger partial charge is 0.419 e. The normalized spacial score (nSPS) is 14.6. The first-order valence-electron chi connectivity index (χ1n) is 8.37. The van der Waals surface area contributed by atoms with Gasteiger partial charge in [0.25, 0.3) is 10.0 Å². The van der Waals surface area contributed by atoms with Gasteiger partial charge < -0.3 is 4.42 Å². The van der Waals surface area contributed by atoms with E-state index >= 15 is 0 Å². The zero-order valence-electron chi connectivity index (χ0n) is 14.1. The Labute approximate surface area is 155 Å². The average Bonchev–Trinajstić information content (AvgIpc) is 2.94. The lowest BCUT2D eigenvalue weighted by atomic mass is 10.0. The van der Waals surface area contributed by atoms with E-state index in [1.807, 2.05) is 18.2 Å². The maximum absolute atomic E-state index is 13.3. The quantitative estimate of drug-likeness (QED) is 0.684. The van der Waals surface area contributed by atoms with Crippen LogP contribution in [0.5, 0.6) is 0 Å². The second kappa shape index (κ2) is 6.17. The zero-order chi connectivity index (χ0) is 18.5. The molecule has 0 radical (unpaired) electrons. The van der Waals surface area contributed by atoms with Gasteiger partial charge in [0.05, 0.1) is 16.2 Å². The first-order valence-corrected chi connectivity index (χ1v) is 10.2. The van der Waals surface area contributed by atoms with Gasteiger partial charge in [-0.1, -0.05) is 29.8 Å². The molecule has 0 saturated heterocycles. The van der Waals surface area contributed by atoms with Gasteiger partial charge in [-0.05, 0) is 37.5 Å². The topological polar surface area (TPSA) is 72.5 Å². The lowest BCUT2D eigenvalue weighted by molar-refractivity contribution is 0.512. The van der Waals surface area contributed by atoms with Crippen molar-refractivity contribution in [1.82, 2.24) is 4.57 Å². The third-order valence-corrected chi connectivity index (χ3v) is 6.95. The molecule has 1 aliphatic rings. The van der Waals surface area contributed by atoms with Crippen LogP contribution in [0, 0.1) is 0 Å². The number of aryl methyl sites for hydroxylation is 2. The number of hydrogen-bond acceptors (Lipinski definition) is 4. The van der Waals surface area contributed by atoms with Crippen LogP contribution in [0.3, 0.4) is 0 Å². The van der Waals surface area contributed by atoms with Crippen molar-refractivity contribution < 1.29 is 12.8 Å². The van der Waals surface area contributed by atoms with Gasteiger partial charge in [0.1, 0.15) is 4.90 Å². The molecule has 0 saturated carbocycles. The minimum absolute atomic E-state index is 0.0552. The molecule has 136 valence electrons. The Morgan fingerprint density at radius 3 is 2.77 bits per heavy atom. The molecule has 0 aliphatic carbocycles. The van der Waals surface area contributed by atoms with Gasteiger partial charge >= 0.3 is 5.76 Å². The maximum atomic E-state index is 13.3. The van der Waals surface area contributed by atoms with Crippen molar-refractivity contribution in [2.24, 2.45) is 0 Å². The summed E-state index contributed by atoms with van der Waals surface area (Å²) < 4.78 is 34.6. The van der Waals surface area contributed by atoms with Crippen molar-refractivity contribution >= 4 is 38.4 Å². The molecule has 4 rings (SSSR count).